The topological polar surface area (TPSA) is 128 Å². The van der Waals surface area contributed by atoms with Crippen molar-refractivity contribution in [2.24, 2.45) is 0 Å². The molecule has 0 saturated carbocycles. The molecule has 12 nitrogen and oxygen atoms in total. The van der Waals surface area contributed by atoms with E-state index in [0.717, 1.165) is 83.4 Å². The number of benzene rings is 4. The van der Waals surface area contributed by atoms with E-state index in [1.807, 2.05) is 36.2 Å². The molecule has 0 bridgehead atoms. The van der Waals surface area contributed by atoms with E-state index >= 15 is 0 Å². The number of hydrogen-bond acceptors (Lipinski definition) is 10. The Hall–Kier alpha value is -5.11. The fourth-order valence-corrected chi connectivity index (χ4v) is 8.68. The third-order valence-electron chi connectivity index (χ3n) is 10.6. The highest BCUT2D eigenvalue weighted by atomic mass is 32.2. The molecule has 2 aliphatic heterocycles. The zero-order valence-electron chi connectivity index (χ0n) is 30.3. The van der Waals surface area contributed by atoms with Gasteiger partial charge in [0.15, 0.2) is 5.82 Å². The minimum Gasteiger partial charge on any atom is -0.369 e. The Bertz CT molecular complexity index is 2170. The second-order valence-corrected chi connectivity index (χ2v) is 15.6. The lowest BCUT2D eigenvalue weighted by molar-refractivity contribution is -0.384. The molecule has 7 rings (SSSR count). The Morgan fingerprint density at radius 2 is 1.60 bits per heavy atom. The van der Waals surface area contributed by atoms with E-state index in [9.17, 15) is 18.5 Å². The van der Waals surface area contributed by atoms with Gasteiger partial charge in [0.1, 0.15) is 12.0 Å². The van der Waals surface area contributed by atoms with Gasteiger partial charge in [0.25, 0.3) is 15.7 Å². The zero-order chi connectivity index (χ0) is 37.0. The number of nitro groups is 1. The average Bonchev–Trinajstić information content (AvgIpc) is 3.18. The number of anilines is 3. The van der Waals surface area contributed by atoms with Gasteiger partial charge in [0.2, 0.25) is 0 Å². The number of aromatic nitrogens is 2. The highest BCUT2D eigenvalue weighted by Gasteiger charge is 2.29. The highest BCUT2D eigenvalue weighted by Crippen LogP contribution is 2.35. The van der Waals surface area contributed by atoms with E-state index in [0.29, 0.717) is 16.6 Å². The summed E-state index contributed by atoms with van der Waals surface area (Å²) in [5.74, 6) is 0.117. The van der Waals surface area contributed by atoms with Crippen LogP contribution in [0.2, 0.25) is 0 Å². The molecule has 0 spiro atoms. The number of nitrogens with zero attached hydrogens (tertiary/aromatic N) is 7. The molecule has 3 heterocycles. The Morgan fingerprint density at radius 1 is 0.868 bits per heavy atom. The number of sulfonamides is 1. The summed E-state index contributed by atoms with van der Waals surface area (Å²) in [5.41, 5.74) is 5.54. The van der Waals surface area contributed by atoms with Gasteiger partial charge in [-0.25, -0.2) is 18.4 Å². The Morgan fingerprint density at radius 3 is 2.34 bits per heavy atom. The summed E-state index contributed by atoms with van der Waals surface area (Å²) in [6.07, 6.45) is 4.20. The maximum atomic E-state index is 13.7. The number of nitrogens with one attached hydrogen (secondary N) is 1. The van der Waals surface area contributed by atoms with Crippen molar-refractivity contribution < 1.29 is 13.3 Å². The summed E-state index contributed by atoms with van der Waals surface area (Å²) >= 11 is 0. The predicted molar refractivity (Wildman–Crippen MR) is 211 cm³/mol. The van der Waals surface area contributed by atoms with Crippen LogP contribution in [-0.2, 0) is 16.6 Å². The molecule has 13 heteroatoms. The largest absolute Gasteiger partial charge is 0.369 e. The van der Waals surface area contributed by atoms with E-state index in [2.05, 4.69) is 84.8 Å². The van der Waals surface area contributed by atoms with Crippen LogP contribution in [0, 0.1) is 10.1 Å². The summed E-state index contributed by atoms with van der Waals surface area (Å²) in [6.45, 7) is 9.41. The maximum Gasteiger partial charge on any atom is 0.293 e. The molecule has 0 aliphatic carbocycles. The Labute approximate surface area is 311 Å². The summed E-state index contributed by atoms with van der Waals surface area (Å²) in [7, 11) is -2.36. The Kier molecular flexibility index (Phi) is 10.9. The summed E-state index contributed by atoms with van der Waals surface area (Å²) in [4.78, 5) is 29.3. The van der Waals surface area contributed by atoms with Crippen molar-refractivity contribution in [1.29, 1.82) is 0 Å². The van der Waals surface area contributed by atoms with Crippen molar-refractivity contribution in [3.8, 4) is 11.1 Å². The fourth-order valence-electron chi connectivity index (χ4n) is 7.63. The first-order valence-electron chi connectivity index (χ1n) is 18.3. The van der Waals surface area contributed by atoms with E-state index in [1.54, 1.807) is 0 Å². The monoisotopic (exact) mass is 734 g/mol. The lowest BCUT2D eigenvalue weighted by atomic mass is 9.99. The predicted octanol–water partition coefficient (Wildman–Crippen LogP) is 6.64. The summed E-state index contributed by atoms with van der Waals surface area (Å²) in [6, 6.07) is 29.0. The van der Waals surface area contributed by atoms with Gasteiger partial charge in [-0.15, -0.1) is 0 Å². The van der Waals surface area contributed by atoms with Gasteiger partial charge in [-0.1, -0.05) is 61.5 Å². The molecule has 2 saturated heterocycles. The zero-order valence-corrected chi connectivity index (χ0v) is 31.1. The van der Waals surface area contributed by atoms with Crippen molar-refractivity contribution in [1.82, 2.24) is 19.8 Å². The standard InChI is InChI=1S/C40H46N8O4S/c1-3-19-45-20-17-32(18-21-45)44(2)38-16-14-34(27-39(38)48(49)50)53(51,52)43-40-36-15-13-33(26-37(36)41-29-42-40)47-24-22-46(23-25-47)28-31-11-7-8-12-35(31)30-9-5-4-6-10-30/h4-16,26-27,29,32H,3,17-25,28H2,1-2H3,(H,41,42,43). The van der Waals surface area contributed by atoms with Crippen LogP contribution < -0.4 is 14.5 Å². The normalized spacial score (nSPS) is 16.2. The fraction of sp³-hybridized carbons (Fsp3) is 0.350. The molecule has 5 aromatic rings. The lowest BCUT2D eigenvalue weighted by Gasteiger charge is -2.37. The van der Waals surface area contributed by atoms with Crippen molar-refractivity contribution in [3.63, 3.8) is 0 Å². The van der Waals surface area contributed by atoms with E-state index in [4.69, 9.17) is 0 Å². The van der Waals surface area contributed by atoms with Crippen molar-refractivity contribution in [2.75, 3.05) is 67.4 Å². The van der Waals surface area contributed by atoms with E-state index < -0.39 is 14.9 Å². The number of likely N-dealkylation sites (tertiary alicyclic amines) is 1. The van der Waals surface area contributed by atoms with E-state index in [-0.39, 0.29) is 22.4 Å². The number of nitro benzene ring substituents is 1. The molecule has 2 aliphatic rings. The first kappa shape index (κ1) is 36.3. The number of piperidine rings is 1. The van der Waals surface area contributed by atoms with Gasteiger partial charge < -0.3 is 14.7 Å². The van der Waals surface area contributed by atoms with Crippen LogP contribution in [-0.4, -0.2) is 92.0 Å². The SMILES string of the molecule is CCCN1CCC(N(C)c2ccc(S(=O)(=O)Nc3ncnc4cc(N5CCN(Cc6ccccc6-c6ccccc6)CC5)ccc34)cc2[N+](=O)[O-])CC1. The van der Waals surface area contributed by atoms with Crippen LogP contribution in [0.1, 0.15) is 31.7 Å². The van der Waals surface area contributed by atoms with Gasteiger partial charge in [0.05, 0.1) is 15.3 Å². The van der Waals surface area contributed by atoms with Crippen molar-refractivity contribution in [3.05, 3.63) is 113 Å². The van der Waals surface area contributed by atoms with Crippen LogP contribution in [0.5, 0.6) is 0 Å². The first-order chi connectivity index (χ1) is 25.7. The second kappa shape index (κ2) is 15.9. The quantitative estimate of drug-likeness (QED) is 0.110. The molecule has 2 fully saturated rings. The number of fused-ring (bicyclic) bond motifs is 1. The van der Waals surface area contributed by atoms with Crippen LogP contribution >= 0.6 is 0 Å². The molecule has 4 aromatic carbocycles. The third-order valence-corrected chi connectivity index (χ3v) is 11.9. The molecular weight excluding hydrogens is 689 g/mol. The van der Waals surface area contributed by atoms with Crippen LogP contribution in [0.3, 0.4) is 0 Å². The van der Waals surface area contributed by atoms with Crippen LogP contribution in [0.15, 0.2) is 102 Å². The minimum atomic E-state index is -4.21. The highest BCUT2D eigenvalue weighted by molar-refractivity contribution is 7.92. The number of hydrogen-bond donors (Lipinski definition) is 1. The molecule has 0 atom stereocenters. The lowest BCUT2D eigenvalue weighted by Crippen LogP contribution is -2.46. The van der Waals surface area contributed by atoms with Gasteiger partial charge >= 0.3 is 0 Å². The molecule has 276 valence electrons. The number of rotatable bonds is 12. The average molecular weight is 735 g/mol. The molecule has 1 N–H and O–H groups in total. The van der Waals surface area contributed by atoms with Crippen molar-refractivity contribution >= 4 is 43.8 Å². The van der Waals surface area contributed by atoms with Crippen LogP contribution in [0.25, 0.3) is 22.0 Å². The maximum absolute atomic E-state index is 13.7. The summed E-state index contributed by atoms with van der Waals surface area (Å²) < 4.78 is 29.9. The second-order valence-electron chi connectivity index (χ2n) is 13.9. The van der Waals surface area contributed by atoms with Crippen molar-refractivity contribution in [2.45, 2.75) is 43.7 Å². The Balaban J connectivity index is 1.03. The van der Waals surface area contributed by atoms with Gasteiger partial charge in [-0.3, -0.25) is 19.7 Å². The molecule has 0 radical (unpaired) electrons. The first-order valence-corrected chi connectivity index (χ1v) is 19.8. The molecule has 1 aromatic heterocycles. The molecule has 0 amide bonds. The van der Waals surface area contributed by atoms with E-state index in [1.165, 1.54) is 35.2 Å². The third kappa shape index (κ3) is 8.12. The van der Waals surface area contributed by atoms with Crippen LogP contribution in [0.4, 0.5) is 22.9 Å². The molecule has 53 heavy (non-hydrogen) atoms. The minimum absolute atomic E-state index is 0.117. The van der Waals surface area contributed by atoms with Gasteiger partial charge in [-0.2, -0.15) is 0 Å². The number of piperazine rings is 1. The van der Waals surface area contributed by atoms with Gasteiger partial charge in [-0.05, 0) is 72.8 Å². The summed E-state index contributed by atoms with van der Waals surface area (Å²) in [5, 5.41) is 12.8. The van der Waals surface area contributed by atoms with Gasteiger partial charge in [0, 0.05) is 76.0 Å². The molecule has 0 unspecified atom stereocenters. The molecular formula is C40H46N8O4S. The smallest absolute Gasteiger partial charge is 0.293 e.